The van der Waals surface area contributed by atoms with Crippen LogP contribution < -0.4 is 15.0 Å². The van der Waals surface area contributed by atoms with E-state index in [2.05, 4.69) is 10.3 Å². The van der Waals surface area contributed by atoms with Crippen LogP contribution in [0, 0.1) is 6.92 Å². The highest BCUT2D eigenvalue weighted by Crippen LogP contribution is 2.42. The van der Waals surface area contributed by atoms with Gasteiger partial charge in [-0.05, 0) is 62.7 Å². The van der Waals surface area contributed by atoms with Crippen LogP contribution in [0.5, 0.6) is 5.75 Å². The topological polar surface area (TPSA) is 71.5 Å². The van der Waals surface area contributed by atoms with Gasteiger partial charge in [0.1, 0.15) is 10.8 Å². The summed E-state index contributed by atoms with van der Waals surface area (Å²) in [6.07, 6.45) is 1.68. The van der Waals surface area contributed by atoms with Gasteiger partial charge in [-0.3, -0.25) is 9.59 Å². The first-order chi connectivity index (χ1) is 14.9. The van der Waals surface area contributed by atoms with Crippen LogP contribution in [0.25, 0.3) is 0 Å². The molecule has 1 aliphatic heterocycles. The lowest BCUT2D eigenvalue weighted by molar-refractivity contribution is -0.118. The van der Waals surface area contributed by atoms with E-state index in [1.165, 1.54) is 11.8 Å². The summed E-state index contributed by atoms with van der Waals surface area (Å²) in [4.78, 5) is 32.6. The van der Waals surface area contributed by atoms with Crippen molar-refractivity contribution >= 4 is 35.0 Å². The van der Waals surface area contributed by atoms with E-state index in [9.17, 15) is 9.59 Å². The summed E-state index contributed by atoms with van der Waals surface area (Å²) < 4.78 is 5.63. The number of aromatic nitrogens is 1. The maximum absolute atomic E-state index is 13.1. The van der Waals surface area contributed by atoms with Crippen LogP contribution in [-0.2, 0) is 4.79 Å². The molecule has 0 fully saturated rings. The molecule has 0 spiro atoms. The van der Waals surface area contributed by atoms with E-state index >= 15 is 0 Å². The van der Waals surface area contributed by atoms with E-state index in [1.54, 1.807) is 29.3 Å². The second-order valence-electron chi connectivity index (χ2n) is 7.51. The number of benzene rings is 2. The number of nitrogens with zero attached hydrogens (tertiary/aromatic N) is 2. The maximum Gasteiger partial charge on any atom is 0.262 e. The molecule has 0 saturated heterocycles. The Hall–Kier alpha value is -3.32. The van der Waals surface area contributed by atoms with Gasteiger partial charge in [0.15, 0.2) is 6.61 Å². The molecule has 0 atom stereocenters. The first-order valence-corrected chi connectivity index (χ1v) is 10.8. The van der Waals surface area contributed by atoms with E-state index < -0.39 is 0 Å². The van der Waals surface area contributed by atoms with Gasteiger partial charge in [0, 0.05) is 22.8 Å². The zero-order chi connectivity index (χ0) is 22.0. The van der Waals surface area contributed by atoms with Crippen LogP contribution in [0.3, 0.4) is 0 Å². The molecule has 2 aromatic carbocycles. The molecule has 0 bridgehead atoms. The molecule has 158 valence electrons. The van der Waals surface area contributed by atoms with Crippen LogP contribution in [0.1, 0.15) is 29.8 Å². The highest BCUT2D eigenvalue weighted by molar-refractivity contribution is 7.99. The quantitative estimate of drug-likeness (QED) is 0.618. The fourth-order valence-electron chi connectivity index (χ4n) is 3.42. The molecule has 1 aromatic heterocycles. The number of pyridine rings is 1. The molecule has 31 heavy (non-hydrogen) atoms. The van der Waals surface area contributed by atoms with Crippen molar-refractivity contribution in [2.24, 2.45) is 0 Å². The van der Waals surface area contributed by atoms with Gasteiger partial charge in [-0.1, -0.05) is 30.0 Å². The van der Waals surface area contributed by atoms with Crippen molar-refractivity contribution in [1.82, 2.24) is 4.98 Å². The second kappa shape index (κ2) is 8.81. The number of rotatable bonds is 5. The van der Waals surface area contributed by atoms with Crippen molar-refractivity contribution in [1.29, 1.82) is 0 Å². The molecule has 0 saturated carbocycles. The predicted octanol–water partition coefficient (Wildman–Crippen LogP) is 4.93. The van der Waals surface area contributed by atoms with Crippen molar-refractivity contribution in [2.45, 2.75) is 36.7 Å². The molecule has 0 unspecified atom stereocenters. The molecule has 6 nitrogen and oxygen atoms in total. The van der Waals surface area contributed by atoms with Crippen molar-refractivity contribution in [3.63, 3.8) is 0 Å². The summed E-state index contributed by atoms with van der Waals surface area (Å²) in [5, 5.41) is 3.54. The average molecular weight is 434 g/mol. The zero-order valence-corrected chi connectivity index (χ0v) is 18.4. The average Bonchev–Trinajstić information content (AvgIpc) is 2.87. The Morgan fingerprint density at radius 1 is 1.16 bits per heavy atom. The van der Waals surface area contributed by atoms with E-state index in [-0.39, 0.29) is 24.5 Å². The van der Waals surface area contributed by atoms with Gasteiger partial charge in [-0.25, -0.2) is 4.98 Å². The molecule has 0 aliphatic carbocycles. The largest absolute Gasteiger partial charge is 0.483 e. The third kappa shape index (κ3) is 4.41. The Kier molecular flexibility index (Phi) is 5.95. The SMILES string of the molecule is Cc1ccccc1OCC(=O)Nc1ccc2c(c1)Sc1ncccc1C(=O)N2C(C)C. The smallest absolute Gasteiger partial charge is 0.262 e. The van der Waals surface area contributed by atoms with E-state index in [0.717, 1.165) is 16.1 Å². The predicted molar refractivity (Wildman–Crippen MR) is 122 cm³/mol. The highest BCUT2D eigenvalue weighted by Gasteiger charge is 2.30. The van der Waals surface area contributed by atoms with Crippen LogP contribution in [0.4, 0.5) is 11.4 Å². The number of aryl methyl sites for hydroxylation is 1. The number of carbonyl (C=O) groups is 2. The Labute approximate surface area is 185 Å². The molecule has 3 aromatic rings. The number of anilines is 2. The zero-order valence-electron chi connectivity index (χ0n) is 17.6. The van der Waals surface area contributed by atoms with E-state index in [1.807, 2.05) is 57.2 Å². The van der Waals surface area contributed by atoms with Gasteiger partial charge in [0.05, 0.1) is 11.3 Å². The van der Waals surface area contributed by atoms with Gasteiger partial charge in [0.25, 0.3) is 11.8 Å². The fourth-order valence-corrected chi connectivity index (χ4v) is 4.47. The number of carbonyl (C=O) groups excluding carboxylic acids is 2. The summed E-state index contributed by atoms with van der Waals surface area (Å²) in [5.41, 5.74) is 2.99. The molecule has 1 aliphatic rings. The standard InChI is InChI=1S/C24H23N3O3S/c1-15(2)27-19-11-10-17(26-22(28)14-30-20-9-5-4-7-16(20)3)13-21(19)31-23-18(24(27)29)8-6-12-25-23/h4-13,15H,14H2,1-3H3,(H,26,28). The highest BCUT2D eigenvalue weighted by atomic mass is 32.2. The summed E-state index contributed by atoms with van der Waals surface area (Å²) in [6, 6.07) is 16.6. The van der Waals surface area contributed by atoms with Gasteiger partial charge in [-0.2, -0.15) is 0 Å². The number of hydrogen-bond acceptors (Lipinski definition) is 5. The molecule has 0 radical (unpaired) electrons. The Balaban J connectivity index is 1.56. The van der Waals surface area contributed by atoms with Gasteiger partial charge >= 0.3 is 0 Å². The first kappa shape index (κ1) is 20.9. The molecular formula is C24H23N3O3S. The van der Waals surface area contributed by atoms with Gasteiger partial charge < -0.3 is 15.0 Å². The number of ether oxygens (including phenoxy) is 1. The monoisotopic (exact) mass is 433 g/mol. The first-order valence-electron chi connectivity index (χ1n) is 10.0. The van der Waals surface area contributed by atoms with Crippen molar-refractivity contribution < 1.29 is 14.3 Å². The third-order valence-corrected chi connectivity index (χ3v) is 5.96. The Morgan fingerprint density at radius 2 is 1.97 bits per heavy atom. The number of nitrogens with one attached hydrogen (secondary N) is 1. The van der Waals surface area contributed by atoms with Crippen LogP contribution >= 0.6 is 11.8 Å². The lowest BCUT2D eigenvalue weighted by atomic mass is 10.1. The Bertz CT molecular complexity index is 1150. The molecule has 1 N–H and O–H groups in total. The van der Waals surface area contributed by atoms with Crippen molar-refractivity contribution in [3.8, 4) is 5.75 Å². The van der Waals surface area contributed by atoms with E-state index in [4.69, 9.17) is 4.74 Å². The van der Waals surface area contributed by atoms with E-state index in [0.29, 0.717) is 22.0 Å². The van der Waals surface area contributed by atoms with Gasteiger partial charge in [0.2, 0.25) is 0 Å². The molecule has 2 amide bonds. The lowest BCUT2D eigenvalue weighted by Crippen LogP contribution is -2.37. The van der Waals surface area contributed by atoms with Crippen LogP contribution in [0.15, 0.2) is 70.7 Å². The Morgan fingerprint density at radius 3 is 2.74 bits per heavy atom. The van der Waals surface area contributed by atoms with Crippen LogP contribution in [-0.4, -0.2) is 29.4 Å². The molecule has 7 heteroatoms. The fraction of sp³-hybridized carbons (Fsp3) is 0.208. The third-order valence-electron chi connectivity index (χ3n) is 4.90. The summed E-state index contributed by atoms with van der Waals surface area (Å²) >= 11 is 1.43. The number of hydrogen-bond donors (Lipinski definition) is 1. The number of amides is 2. The number of para-hydroxylation sites is 1. The summed E-state index contributed by atoms with van der Waals surface area (Å²) in [7, 11) is 0. The molecular weight excluding hydrogens is 410 g/mol. The minimum absolute atomic E-state index is 0.0269. The summed E-state index contributed by atoms with van der Waals surface area (Å²) in [6.45, 7) is 5.80. The van der Waals surface area contributed by atoms with Gasteiger partial charge in [-0.15, -0.1) is 0 Å². The lowest BCUT2D eigenvalue weighted by Gasteiger charge is -2.27. The number of fused-ring (bicyclic) bond motifs is 2. The van der Waals surface area contributed by atoms with Crippen molar-refractivity contribution in [3.05, 3.63) is 71.9 Å². The maximum atomic E-state index is 13.1. The minimum atomic E-state index is -0.253. The normalized spacial score (nSPS) is 12.8. The molecule has 2 heterocycles. The summed E-state index contributed by atoms with van der Waals surface area (Å²) in [5.74, 6) is 0.355. The van der Waals surface area contributed by atoms with Crippen LogP contribution in [0.2, 0.25) is 0 Å². The van der Waals surface area contributed by atoms with Crippen molar-refractivity contribution in [2.75, 3.05) is 16.8 Å². The molecule has 4 rings (SSSR count). The second-order valence-corrected chi connectivity index (χ2v) is 8.54. The minimum Gasteiger partial charge on any atom is -0.483 e.